The van der Waals surface area contributed by atoms with Crippen molar-refractivity contribution in [3.8, 4) is 0 Å². The first-order valence-corrected chi connectivity index (χ1v) is 2.99. The van der Waals surface area contributed by atoms with Gasteiger partial charge in [0, 0.05) is 5.25 Å². The van der Waals surface area contributed by atoms with E-state index >= 15 is 0 Å². The Bertz CT molecular complexity index is 45.3. The molecule has 0 fully saturated rings. The predicted octanol–water partition coefficient (Wildman–Crippen LogP) is 0.933. The highest BCUT2D eigenvalue weighted by Gasteiger charge is 2.03. The number of rotatable bonds is 2. The third kappa shape index (κ3) is 2.94. The molecule has 0 saturated heterocycles. The van der Waals surface area contributed by atoms with Crippen molar-refractivity contribution in [2.24, 2.45) is 5.92 Å². The molecule has 44 valence electrons. The molecular formula is C5H12OS. The fourth-order valence-electron chi connectivity index (χ4n) is 0.211. The van der Waals surface area contributed by atoms with Crippen molar-refractivity contribution >= 4 is 12.6 Å². The van der Waals surface area contributed by atoms with Gasteiger partial charge in [-0.15, -0.1) is 0 Å². The van der Waals surface area contributed by atoms with E-state index < -0.39 is 0 Å². The van der Waals surface area contributed by atoms with E-state index in [1.54, 1.807) is 0 Å². The van der Waals surface area contributed by atoms with E-state index in [2.05, 4.69) is 12.6 Å². The molecule has 2 heteroatoms. The lowest BCUT2D eigenvalue weighted by Gasteiger charge is -2.08. The van der Waals surface area contributed by atoms with Crippen molar-refractivity contribution in [1.29, 1.82) is 0 Å². The summed E-state index contributed by atoms with van der Waals surface area (Å²) in [6.45, 7) is 4.25. The molecule has 0 aliphatic heterocycles. The first-order chi connectivity index (χ1) is 3.18. The summed E-state index contributed by atoms with van der Waals surface area (Å²) in [4.78, 5) is 0. The summed E-state index contributed by atoms with van der Waals surface area (Å²) in [6.07, 6.45) is 0. The van der Waals surface area contributed by atoms with Gasteiger partial charge in [-0.3, -0.25) is 0 Å². The van der Waals surface area contributed by atoms with E-state index in [1.165, 1.54) is 0 Å². The molecule has 0 aliphatic rings. The Morgan fingerprint density at radius 3 is 2.00 bits per heavy atom. The molecule has 7 heavy (non-hydrogen) atoms. The molecule has 0 aliphatic carbocycles. The second-order valence-electron chi connectivity index (χ2n) is 1.99. The summed E-state index contributed by atoms with van der Waals surface area (Å²) in [6, 6.07) is 0. The lowest BCUT2D eigenvalue weighted by atomic mass is 10.1. The number of hydrogen-bond acceptors (Lipinski definition) is 2. The van der Waals surface area contributed by atoms with Crippen LogP contribution < -0.4 is 0 Å². The Kier molecular flexibility index (Phi) is 3.48. The van der Waals surface area contributed by atoms with Crippen molar-refractivity contribution in [3.63, 3.8) is 0 Å². The number of aliphatic hydroxyl groups excluding tert-OH is 1. The monoisotopic (exact) mass is 120 g/mol. The van der Waals surface area contributed by atoms with E-state index in [9.17, 15) is 0 Å². The largest absolute Gasteiger partial charge is 0.395 e. The second-order valence-corrected chi connectivity index (χ2v) is 2.66. The maximum absolute atomic E-state index is 8.43. The summed E-state index contributed by atoms with van der Waals surface area (Å²) in [5.41, 5.74) is 0. The molecule has 0 aromatic carbocycles. The average molecular weight is 120 g/mol. The highest BCUT2D eigenvalue weighted by atomic mass is 32.1. The van der Waals surface area contributed by atoms with Crippen LogP contribution in [0.2, 0.25) is 0 Å². The Morgan fingerprint density at radius 2 is 2.00 bits per heavy atom. The van der Waals surface area contributed by atoms with Crippen LogP contribution in [0.15, 0.2) is 0 Å². The van der Waals surface area contributed by atoms with Gasteiger partial charge < -0.3 is 5.11 Å². The predicted molar refractivity (Wildman–Crippen MR) is 34.7 cm³/mol. The van der Waals surface area contributed by atoms with Crippen LogP contribution in [0, 0.1) is 5.92 Å². The Labute approximate surface area is 50.1 Å². The molecule has 0 saturated carbocycles. The van der Waals surface area contributed by atoms with Crippen molar-refractivity contribution < 1.29 is 5.11 Å². The van der Waals surface area contributed by atoms with Gasteiger partial charge in [-0.2, -0.15) is 12.6 Å². The Balaban J connectivity index is 3.14. The topological polar surface area (TPSA) is 20.2 Å². The summed E-state index contributed by atoms with van der Waals surface area (Å²) in [7, 11) is 0. The molecule has 1 nitrogen and oxygen atoms in total. The normalized spacial score (nSPS) is 15.0. The van der Waals surface area contributed by atoms with Crippen LogP contribution in [-0.2, 0) is 0 Å². The number of thiol groups is 1. The van der Waals surface area contributed by atoms with Gasteiger partial charge in [0.05, 0.1) is 6.61 Å². The number of hydrogen-bond donors (Lipinski definition) is 2. The van der Waals surface area contributed by atoms with Crippen LogP contribution >= 0.6 is 12.6 Å². The van der Waals surface area contributed by atoms with E-state index in [1.807, 2.05) is 13.8 Å². The van der Waals surface area contributed by atoms with Gasteiger partial charge in [0.2, 0.25) is 0 Å². The quantitative estimate of drug-likeness (QED) is 0.519. The molecule has 0 rings (SSSR count). The first kappa shape index (κ1) is 7.31. The summed E-state index contributed by atoms with van der Waals surface area (Å²) in [5, 5.41) is 8.58. The minimum Gasteiger partial charge on any atom is -0.395 e. The third-order valence-electron chi connectivity index (χ3n) is 0.957. The smallest absolute Gasteiger partial charge is 0.0549 e. The molecule has 0 amide bonds. The van der Waals surface area contributed by atoms with E-state index in [4.69, 9.17) is 5.11 Å². The van der Waals surface area contributed by atoms with Gasteiger partial charge in [-0.05, 0) is 5.92 Å². The Hall–Kier alpha value is 0.310. The number of aliphatic hydroxyl groups is 1. The molecule has 0 unspecified atom stereocenters. The van der Waals surface area contributed by atoms with Crippen LogP contribution in [0.25, 0.3) is 0 Å². The maximum atomic E-state index is 8.43. The van der Waals surface area contributed by atoms with Crippen LogP contribution in [0.3, 0.4) is 0 Å². The fourth-order valence-corrected chi connectivity index (χ4v) is 0.211. The molecule has 0 spiro atoms. The molecule has 0 bridgehead atoms. The second kappa shape index (κ2) is 3.33. The average Bonchev–Trinajstić information content (AvgIpc) is 1.65. The van der Waals surface area contributed by atoms with Gasteiger partial charge in [0.15, 0.2) is 0 Å². The molecule has 0 aromatic rings. The fraction of sp³-hybridized carbons (Fsp3) is 1.00. The molecule has 0 radical (unpaired) electrons. The standard InChI is InChI=1S/C5H12OS/c1-4(2)5(7)3-6/h4-7H,3H2,1-2H3/t5-/m0/s1. The molecule has 1 N–H and O–H groups in total. The third-order valence-corrected chi connectivity index (χ3v) is 1.72. The summed E-state index contributed by atoms with van der Waals surface area (Å²) < 4.78 is 0. The van der Waals surface area contributed by atoms with Crippen molar-refractivity contribution in [2.75, 3.05) is 6.61 Å². The van der Waals surface area contributed by atoms with Gasteiger partial charge in [-0.25, -0.2) is 0 Å². The van der Waals surface area contributed by atoms with Crippen LogP contribution in [-0.4, -0.2) is 17.0 Å². The van der Waals surface area contributed by atoms with Crippen molar-refractivity contribution in [1.82, 2.24) is 0 Å². The maximum Gasteiger partial charge on any atom is 0.0549 e. The SMILES string of the molecule is CC(C)[C@@H](S)CO. The first-order valence-electron chi connectivity index (χ1n) is 2.47. The molecule has 0 aromatic heterocycles. The zero-order chi connectivity index (χ0) is 5.86. The zero-order valence-electron chi connectivity index (χ0n) is 4.76. The highest BCUT2D eigenvalue weighted by molar-refractivity contribution is 7.81. The molecule has 1 atom stereocenters. The van der Waals surface area contributed by atoms with E-state index in [0.29, 0.717) is 5.92 Å². The van der Waals surface area contributed by atoms with Crippen LogP contribution in [0.1, 0.15) is 13.8 Å². The summed E-state index contributed by atoms with van der Waals surface area (Å²) >= 11 is 4.07. The van der Waals surface area contributed by atoms with Gasteiger partial charge in [0.25, 0.3) is 0 Å². The minimum atomic E-state index is 0.153. The zero-order valence-corrected chi connectivity index (χ0v) is 5.65. The Morgan fingerprint density at radius 1 is 1.57 bits per heavy atom. The van der Waals surface area contributed by atoms with Gasteiger partial charge in [0.1, 0.15) is 0 Å². The van der Waals surface area contributed by atoms with Crippen molar-refractivity contribution in [3.05, 3.63) is 0 Å². The van der Waals surface area contributed by atoms with Gasteiger partial charge in [-0.1, -0.05) is 13.8 Å². The van der Waals surface area contributed by atoms with Crippen molar-refractivity contribution in [2.45, 2.75) is 19.1 Å². The lowest BCUT2D eigenvalue weighted by molar-refractivity contribution is 0.276. The lowest BCUT2D eigenvalue weighted by Crippen LogP contribution is -2.11. The molecule has 0 heterocycles. The van der Waals surface area contributed by atoms with E-state index in [-0.39, 0.29) is 11.9 Å². The minimum absolute atomic E-state index is 0.153. The van der Waals surface area contributed by atoms with Gasteiger partial charge >= 0.3 is 0 Å². The van der Waals surface area contributed by atoms with E-state index in [0.717, 1.165) is 0 Å². The summed E-state index contributed by atoms with van der Waals surface area (Å²) in [5.74, 6) is 0.480. The van der Waals surface area contributed by atoms with Crippen LogP contribution in [0.4, 0.5) is 0 Å². The highest BCUT2D eigenvalue weighted by Crippen LogP contribution is 2.05. The van der Waals surface area contributed by atoms with Crippen LogP contribution in [0.5, 0.6) is 0 Å². The molecular weight excluding hydrogens is 108 g/mol.